The lowest BCUT2D eigenvalue weighted by molar-refractivity contribution is 0.132. The second kappa shape index (κ2) is 5.94. The molecule has 0 radical (unpaired) electrons. The van der Waals surface area contributed by atoms with Gasteiger partial charge in [0.1, 0.15) is 24.0 Å². The van der Waals surface area contributed by atoms with Gasteiger partial charge in [0.25, 0.3) is 0 Å². The fourth-order valence-electron chi connectivity index (χ4n) is 3.38. The Kier molecular flexibility index (Phi) is 3.79. The molecule has 0 saturated carbocycles. The highest BCUT2D eigenvalue weighted by molar-refractivity contribution is 7.18. The molecule has 0 aliphatic carbocycles. The molecule has 3 aromatic heterocycles. The summed E-state index contributed by atoms with van der Waals surface area (Å²) in [6.45, 7) is 3.05. The van der Waals surface area contributed by atoms with Crippen molar-refractivity contribution in [2.45, 2.75) is 38.3 Å². The van der Waals surface area contributed by atoms with Crippen molar-refractivity contribution in [3.05, 3.63) is 41.4 Å². The summed E-state index contributed by atoms with van der Waals surface area (Å²) >= 11 is 1.70. The molecular weight excluding hydrogens is 310 g/mol. The molecule has 1 aliphatic rings. The van der Waals surface area contributed by atoms with Crippen molar-refractivity contribution in [2.24, 2.45) is 0 Å². The molecule has 4 rings (SSSR count). The summed E-state index contributed by atoms with van der Waals surface area (Å²) in [4.78, 5) is 11.3. The number of anilines is 1. The van der Waals surface area contributed by atoms with Gasteiger partial charge in [-0.25, -0.2) is 9.97 Å². The van der Waals surface area contributed by atoms with Gasteiger partial charge in [0.05, 0.1) is 16.5 Å². The van der Waals surface area contributed by atoms with Crippen LogP contribution in [0.15, 0.2) is 34.5 Å². The van der Waals surface area contributed by atoms with Gasteiger partial charge in [-0.05, 0) is 42.8 Å². The molecule has 0 unspecified atom stereocenters. The van der Waals surface area contributed by atoms with Crippen LogP contribution in [0, 0.1) is 6.92 Å². The van der Waals surface area contributed by atoms with Crippen LogP contribution in [-0.2, 0) is 0 Å². The van der Waals surface area contributed by atoms with Crippen LogP contribution in [0.1, 0.15) is 36.7 Å². The molecule has 1 fully saturated rings. The molecular formula is C17H19N3O2S. The highest BCUT2D eigenvalue weighted by atomic mass is 32.1. The Morgan fingerprint density at radius 3 is 3.22 bits per heavy atom. The summed E-state index contributed by atoms with van der Waals surface area (Å²) in [5.41, 5.74) is 2.23. The molecule has 1 aliphatic heterocycles. The number of rotatable bonds is 4. The van der Waals surface area contributed by atoms with Crippen molar-refractivity contribution in [3.63, 3.8) is 0 Å². The molecule has 4 heterocycles. The van der Waals surface area contributed by atoms with Crippen molar-refractivity contribution in [2.75, 3.05) is 11.4 Å². The van der Waals surface area contributed by atoms with E-state index < -0.39 is 6.10 Å². The number of hydrogen-bond donors (Lipinski definition) is 1. The molecule has 0 amide bonds. The molecule has 3 aromatic rings. The average molecular weight is 329 g/mol. The maximum Gasteiger partial charge on any atom is 0.150 e. The number of fused-ring (bicyclic) bond motifs is 1. The minimum atomic E-state index is -0.571. The quantitative estimate of drug-likeness (QED) is 0.791. The van der Waals surface area contributed by atoms with E-state index in [1.165, 1.54) is 5.56 Å². The highest BCUT2D eigenvalue weighted by Crippen LogP contribution is 2.36. The van der Waals surface area contributed by atoms with E-state index in [1.807, 2.05) is 12.1 Å². The van der Waals surface area contributed by atoms with Gasteiger partial charge in [-0.15, -0.1) is 11.3 Å². The van der Waals surface area contributed by atoms with Gasteiger partial charge in [0.2, 0.25) is 0 Å². The summed E-state index contributed by atoms with van der Waals surface area (Å²) < 4.78 is 6.47. The van der Waals surface area contributed by atoms with E-state index >= 15 is 0 Å². The Morgan fingerprint density at radius 2 is 2.39 bits per heavy atom. The van der Waals surface area contributed by atoms with Gasteiger partial charge in [-0.1, -0.05) is 0 Å². The van der Waals surface area contributed by atoms with Crippen LogP contribution in [0.5, 0.6) is 0 Å². The fraction of sp³-hybridized carbons (Fsp3) is 0.412. The minimum Gasteiger partial charge on any atom is -0.467 e. The van der Waals surface area contributed by atoms with Crippen molar-refractivity contribution in [1.82, 2.24) is 9.97 Å². The average Bonchev–Trinajstić information content (AvgIpc) is 3.28. The first-order chi connectivity index (χ1) is 11.2. The van der Waals surface area contributed by atoms with Crippen LogP contribution in [0.4, 0.5) is 5.82 Å². The van der Waals surface area contributed by atoms with E-state index in [-0.39, 0.29) is 6.04 Å². The summed E-state index contributed by atoms with van der Waals surface area (Å²) in [5, 5.41) is 12.5. The van der Waals surface area contributed by atoms with Gasteiger partial charge in [-0.2, -0.15) is 0 Å². The lowest BCUT2D eigenvalue weighted by Crippen LogP contribution is -2.31. The largest absolute Gasteiger partial charge is 0.467 e. The Bertz CT molecular complexity index is 799. The molecule has 120 valence electrons. The van der Waals surface area contributed by atoms with Crippen molar-refractivity contribution in [3.8, 4) is 0 Å². The first-order valence-corrected chi connectivity index (χ1v) is 8.79. The second-order valence-electron chi connectivity index (χ2n) is 6.05. The fourth-order valence-corrected chi connectivity index (χ4v) is 4.38. The predicted molar refractivity (Wildman–Crippen MR) is 90.8 cm³/mol. The molecule has 6 heteroatoms. The van der Waals surface area contributed by atoms with E-state index in [2.05, 4.69) is 27.2 Å². The maximum absolute atomic E-state index is 10.4. The monoisotopic (exact) mass is 329 g/mol. The molecule has 1 N–H and O–H groups in total. The third-order valence-corrected chi connectivity index (χ3v) is 5.61. The van der Waals surface area contributed by atoms with Crippen molar-refractivity contribution >= 4 is 27.4 Å². The number of nitrogens with zero attached hydrogens (tertiary/aromatic N) is 3. The second-order valence-corrected chi connectivity index (χ2v) is 6.93. The highest BCUT2D eigenvalue weighted by Gasteiger charge is 2.30. The van der Waals surface area contributed by atoms with Crippen LogP contribution in [0.2, 0.25) is 0 Å². The van der Waals surface area contributed by atoms with Gasteiger partial charge in [0, 0.05) is 19.0 Å². The molecule has 23 heavy (non-hydrogen) atoms. The number of aryl methyl sites for hydroxylation is 1. The zero-order valence-corrected chi connectivity index (χ0v) is 13.8. The van der Waals surface area contributed by atoms with E-state index in [0.29, 0.717) is 12.2 Å². The predicted octanol–water partition coefficient (Wildman–Crippen LogP) is 3.69. The molecule has 0 spiro atoms. The number of thiophene rings is 1. The third-order valence-electron chi connectivity index (χ3n) is 4.53. The number of furan rings is 1. The number of aromatic nitrogens is 2. The topological polar surface area (TPSA) is 62.4 Å². The SMILES string of the molecule is Cc1csc2c(N3CCC[C@@H]3C[C@@H](O)c3ccco3)ncnc12. The maximum atomic E-state index is 10.4. The van der Waals surface area contributed by atoms with E-state index in [4.69, 9.17) is 4.42 Å². The lowest BCUT2D eigenvalue weighted by Gasteiger charge is -2.27. The van der Waals surface area contributed by atoms with Crippen LogP contribution in [0.3, 0.4) is 0 Å². The van der Waals surface area contributed by atoms with Gasteiger partial charge >= 0.3 is 0 Å². The van der Waals surface area contributed by atoms with E-state index in [0.717, 1.165) is 35.4 Å². The van der Waals surface area contributed by atoms with Crippen molar-refractivity contribution < 1.29 is 9.52 Å². The first kappa shape index (κ1) is 14.7. The lowest BCUT2D eigenvalue weighted by atomic mass is 10.1. The number of hydrogen-bond acceptors (Lipinski definition) is 6. The standard InChI is InChI=1S/C17H19N3O2S/c1-11-9-23-16-15(11)18-10-19-17(16)20-6-2-4-12(20)8-13(21)14-5-3-7-22-14/h3,5,7,9-10,12-13,21H,2,4,6,8H2,1H3/t12-,13-/m1/s1. The van der Waals surface area contributed by atoms with Gasteiger partial charge in [-0.3, -0.25) is 0 Å². The molecule has 5 nitrogen and oxygen atoms in total. The molecule has 0 aromatic carbocycles. The van der Waals surface area contributed by atoms with E-state index in [9.17, 15) is 5.11 Å². The normalized spacial score (nSPS) is 19.6. The Balaban J connectivity index is 1.62. The van der Waals surface area contributed by atoms with Crippen LogP contribution in [0.25, 0.3) is 10.2 Å². The minimum absolute atomic E-state index is 0.274. The summed E-state index contributed by atoms with van der Waals surface area (Å²) in [7, 11) is 0. The van der Waals surface area contributed by atoms with Crippen LogP contribution < -0.4 is 4.90 Å². The smallest absolute Gasteiger partial charge is 0.150 e. The Labute approximate surface area is 138 Å². The number of aliphatic hydroxyl groups excluding tert-OH is 1. The van der Waals surface area contributed by atoms with Crippen LogP contribution in [-0.4, -0.2) is 27.7 Å². The molecule has 0 bridgehead atoms. The summed E-state index contributed by atoms with van der Waals surface area (Å²) in [6.07, 6.45) is 5.52. The first-order valence-electron chi connectivity index (χ1n) is 7.91. The van der Waals surface area contributed by atoms with Crippen molar-refractivity contribution in [1.29, 1.82) is 0 Å². The van der Waals surface area contributed by atoms with Gasteiger partial charge < -0.3 is 14.4 Å². The third kappa shape index (κ3) is 2.62. The van der Waals surface area contributed by atoms with E-state index in [1.54, 1.807) is 23.9 Å². The number of aliphatic hydroxyl groups is 1. The zero-order chi connectivity index (χ0) is 15.8. The summed E-state index contributed by atoms with van der Waals surface area (Å²) in [5.74, 6) is 1.64. The summed E-state index contributed by atoms with van der Waals surface area (Å²) in [6, 6.07) is 3.92. The molecule has 2 atom stereocenters. The molecule has 1 saturated heterocycles. The Morgan fingerprint density at radius 1 is 1.48 bits per heavy atom. The van der Waals surface area contributed by atoms with Gasteiger partial charge in [0.15, 0.2) is 0 Å². The van der Waals surface area contributed by atoms with Crippen LogP contribution >= 0.6 is 11.3 Å². The zero-order valence-electron chi connectivity index (χ0n) is 13.0. The Hall–Kier alpha value is -1.92.